The van der Waals surface area contributed by atoms with Gasteiger partial charge in [0.1, 0.15) is 6.10 Å². The molecule has 2 atom stereocenters. The summed E-state index contributed by atoms with van der Waals surface area (Å²) in [5, 5.41) is 3.03. The number of hydrogen-bond donors (Lipinski definition) is 1. The van der Waals surface area contributed by atoms with Crippen LogP contribution in [0.1, 0.15) is 45.4 Å². The Morgan fingerprint density at radius 1 is 1.40 bits per heavy atom. The van der Waals surface area contributed by atoms with Gasteiger partial charge in [0.25, 0.3) is 0 Å². The van der Waals surface area contributed by atoms with E-state index in [2.05, 4.69) is 12.2 Å². The molecule has 0 heterocycles. The minimum atomic E-state index is -0.0241. The van der Waals surface area contributed by atoms with Gasteiger partial charge in [0, 0.05) is 6.42 Å². The van der Waals surface area contributed by atoms with Crippen LogP contribution in [0.3, 0.4) is 0 Å². The molecule has 15 heavy (non-hydrogen) atoms. The summed E-state index contributed by atoms with van der Waals surface area (Å²) in [5.41, 5.74) is 0. The monoisotopic (exact) mass is 213 g/mol. The van der Waals surface area contributed by atoms with E-state index in [0.29, 0.717) is 12.3 Å². The summed E-state index contributed by atoms with van der Waals surface area (Å²) in [7, 11) is 1.90. The lowest BCUT2D eigenvalue weighted by atomic mass is 9.88. The van der Waals surface area contributed by atoms with Gasteiger partial charge in [-0.05, 0) is 45.2 Å². The molecule has 0 aromatic carbocycles. The van der Waals surface area contributed by atoms with E-state index in [4.69, 9.17) is 4.74 Å². The predicted molar refractivity (Wildman–Crippen MR) is 60.7 cm³/mol. The van der Waals surface area contributed by atoms with Gasteiger partial charge in [-0.2, -0.15) is 0 Å². The minimum absolute atomic E-state index is 0.0241. The second kappa shape index (κ2) is 6.83. The maximum absolute atomic E-state index is 11.5. The van der Waals surface area contributed by atoms with E-state index in [-0.39, 0.29) is 12.1 Å². The first-order chi connectivity index (χ1) is 7.24. The predicted octanol–water partition coefficient (Wildman–Crippen LogP) is 2.11. The lowest BCUT2D eigenvalue weighted by molar-refractivity contribution is -0.153. The normalized spacial score (nSPS) is 26.3. The fourth-order valence-corrected chi connectivity index (χ4v) is 2.09. The third-order valence-electron chi connectivity index (χ3n) is 3.12. The van der Waals surface area contributed by atoms with Crippen molar-refractivity contribution >= 4 is 5.97 Å². The Morgan fingerprint density at radius 2 is 2.13 bits per heavy atom. The Hall–Kier alpha value is -0.570. The maximum atomic E-state index is 11.5. The summed E-state index contributed by atoms with van der Waals surface area (Å²) in [6.07, 6.45) is 6.35. The Balaban J connectivity index is 2.18. The standard InChI is InChI=1S/C12H23NO2/c1-10-6-3-4-7-11(10)15-12(14)8-5-9-13-2/h10-11,13H,3-9H2,1-2H3. The lowest BCUT2D eigenvalue weighted by Crippen LogP contribution is -2.28. The van der Waals surface area contributed by atoms with Gasteiger partial charge in [-0.15, -0.1) is 0 Å². The SMILES string of the molecule is CNCCCC(=O)OC1CCCCC1C. The number of carbonyl (C=O) groups excluding carboxylic acids is 1. The zero-order chi connectivity index (χ0) is 11.1. The van der Waals surface area contributed by atoms with Gasteiger partial charge in [0.15, 0.2) is 0 Å². The maximum Gasteiger partial charge on any atom is 0.306 e. The third kappa shape index (κ3) is 4.65. The minimum Gasteiger partial charge on any atom is -0.462 e. The van der Waals surface area contributed by atoms with Crippen LogP contribution in [0.4, 0.5) is 0 Å². The van der Waals surface area contributed by atoms with Crippen molar-refractivity contribution in [2.75, 3.05) is 13.6 Å². The molecule has 3 heteroatoms. The average Bonchev–Trinajstić information content (AvgIpc) is 2.22. The van der Waals surface area contributed by atoms with E-state index in [9.17, 15) is 4.79 Å². The molecule has 0 spiro atoms. The Bertz CT molecular complexity index is 194. The van der Waals surface area contributed by atoms with Crippen LogP contribution in [0.25, 0.3) is 0 Å². The number of carbonyl (C=O) groups is 1. The molecular weight excluding hydrogens is 190 g/mol. The van der Waals surface area contributed by atoms with Crippen LogP contribution in [-0.2, 0) is 9.53 Å². The molecule has 2 unspecified atom stereocenters. The van der Waals surface area contributed by atoms with Gasteiger partial charge >= 0.3 is 5.97 Å². The highest BCUT2D eigenvalue weighted by molar-refractivity contribution is 5.69. The molecular formula is C12H23NO2. The van der Waals surface area contributed by atoms with E-state index in [1.165, 1.54) is 19.3 Å². The van der Waals surface area contributed by atoms with Gasteiger partial charge in [-0.25, -0.2) is 0 Å². The first-order valence-electron chi connectivity index (χ1n) is 6.08. The topological polar surface area (TPSA) is 38.3 Å². The van der Waals surface area contributed by atoms with Crippen LogP contribution < -0.4 is 5.32 Å². The van der Waals surface area contributed by atoms with Crippen LogP contribution in [0.15, 0.2) is 0 Å². The summed E-state index contributed by atoms with van der Waals surface area (Å²) in [5.74, 6) is 0.524. The fourth-order valence-electron chi connectivity index (χ4n) is 2.09. The molecule has 0 bridgehead atoms. The molecule has 0 aliphatic heterocycles. The van der Waals surface area contributed by atoms with Crippen molar-refractivity contribution in [1.82, 2.24) is 5.32 Å². The van der Waals surface area contributed by atoms with Crippen molar-refractivity contribution in [2.45, 2.75) is 51.6 Å². The second-order valence-electron chi connectivity index (χ2n) is 4.50. The van der Waals surface area contributed by atoms with Crippen molar-refractivity contribution in [1.29, 1.82) is 0 Å². The van der Waals surface area contributed by atoms with Crippen LogP contribution in [0.5, 0.6) is 0 Å². The molecule has 0 saturated heterocycles. The van der Waals surface area contributed by atoms with Gasteiger partial charge in [-0.1, -0.05) is 13.3 Å². The van der Waals surface area contributed by atoms with E-state index in [1.807, 2.05) is 7.05 Å². The highest BCUT2D eigenvalue weighted by atomic mass is 16.5. The van der Waals surface area contributed by atoms with Gasteiger partial charge in [0.05, 0.1) is 0 Å². The number of ether oxygens (including phenoxy) is 1. The van der Waals surface area contributed by atoms with Crippen LogP contribution >= 0.6 is 0 Å². The third-order valence-corrected chi connectivity index (χ3v) is 3.12. The van der Waals surface area contributed by atoms with E-state index in [1.54, 1.807) is 0 Å². The van der Waals surface area contributed by atoms with E-state index >= 15 is 0 Å². The molecule has 0 radical (unpaired) electrons. The second-order valence-corrected chi connectivity index (χ2v) is 4.50. The molecule has 0 amide bonds. The van der Waals surface area contributed by atoms with Crippen molar-refractivity contribution in [2.24, 2.45) is 5.92 Å². The van der Waals surface area contributed by atoms with Crippen molar-refractivity contribution in [3.63, 3.8) is 0 Å². The average molecular weight is 213 g/mol. The summed E-state index contributed by atoms with van der Waals surface area (Å²) < 4.78 is 5.48. The Labute approximate surface area is 92.6 Å². The summed E-state index contributed by atoms with van der Waals surface area (Å²) in [6.45, 7) is 3.07. The molecule has 1 aliphatic carbocycles. The molecule has 1 fully saturated rings. The van der Waals surface area contributed by atoms with Crippen molar-refractivity contribution in [3.05, 3.63) is 0 Å². The quantitative estimate of drug-likeness (QED) is 0.561. The van der Waals surface area contributed by atoms with Gasteiger partial charge in [0.2, 0.25) is 0 Å². The lowest BCUT2D eigenvalue weighted by Gasteiger charge is -2.28. The van der Waals surface area contributed by atoms with Crippen molar-refractivity contribution < 1.29 is 9.53 Å². The van der Waals surface area contributed by atoms with Crippen LogP contribution in [0.2, 0.25) is 0 Å². The van der Waals surface area contributed by atoms with E-state index < -0.39 is 0 Å². The zero-order valence-corrected chi connectivity index (χ0v) is 9.92. The van der Waals surface area contributed by atoms with Crippen LogP contribution in [0, 0.1) is 5.92 Å². The molecule has 3 nitrogen and oxygen atoms in total. The number of nitrogens with one attached hydrogen (secondary N) is 1. The Kier molecular flexibility index (Phi) is 5.69. The molecule has 0 aromatic rings. The molecule has 1 N–H and O–H groups in total. The molecule has 88 valence electrons. The van der Waals surface area contributed by atoms with Gasteiger partial charge in [-0.3, -0.25) is 4.79 Å². The molecule has 0 aromatic heterocycles. The fraction of sp³-hybridized carbons (Fsp3) is 0.917. The highest BCUT2D eigenvalue weighted by Crippen LogP contribution is 2.26. The Morgan fingerprint density at radius 3 is 2.80 bits per heavy atom. The van der Waals surface area contributed by atoms with Crippen molar-refractivity contribution in [3.8, 4) is 0 Å². The highest BCUT2D eigenvalue weighted by Gasteiger charge is 2.24. The smallest absolute Gasteiger partial charge is 0.306 e. The molecule has 1 rings (SSSR count). The molecule has 1 saturated carbocycles. The first kappa shape index (κ1) is 12.5. The molecule has 1 aliphatic rings. The summed E-state index contributed by atoms with van der Waals surface area (Å²) in [4.78, 5) is 11.5. The van der Waals surface area contributed by atoms with Crippen LogP contribution in [-0.4, -0.2) is 25.7 Å². The number of hydrogen-bond acceptors (Lipinski definition) is 3. The zero-order valence-electron chi connectivity index (χ0n) is 9.92. The summed E-state index contributed by atoms with van der Waals surface area (Å²) in [6, 6.07) is 0. The first-order valence-corrected chi connectivity index (χ1v) is 6.08. The number of esters is 1. The largest absolute Gasteiger partial charge is 0.462 e. The van der Waals surface area contributed by atoms with Gasteiger partial charge < -0.3 is 10.1 Å². The summed E-state index contributed by atoms with van der Waals surface area (Å²) >= 11 is 0. The van der Waals surface area contributed by atoms with E-state index in [0.717, 1.165) is 19.4 Å². The number of rotatable bonds is 5.